The lowest BCUT2D eigenvalue weighted by molar-refractivity contribution is -0.135. The molecule has 14 heavy (non-hydrogen) atoms. The van der Waals surface area contributed by atoms with E-state index in [0.29, 0.717) is 11.5 Å². The summed E-state index contributed by atoms with van der Waals surface area (Å²) in [5.41, 5.74) is 0.573. The van der Waals surface area contributed by atoms with Gasteiger partial charge in [-0.25, -0.2) is 4.79 Å². The van der Waals surface area contributed by atoms with Gasteiger partial charge in [-0.15, -0.1) is 0 Å². The molecule has 0 N–H and O–H groups in total. The van der Waals surface area contributed by atoms with Crippen LogP contribution in [0.25, 0.3) is 0 Å². The van der Waals surface area contributed by atoms with E-state index < -0.39 is 0 Å². The molecule has 78 valence electrons. The van der Waals surface area contributed by atoms with Gasteiger partial charge in [-0.05, 0) is 12.5 Å². The van der Waals surface area contributed by atoms with Crippen molar-refractivity contribution in [2.24, 2.45) is 5.92 Å². The van der Waals surface area contributed by atoms with E-state index in [2.05, 4.69) is 11.7 Å². The molecule has 0 saturated carbocycles. The summed E-state index contributed by atoms with van der Waals surface area (Å²) in [5, 5.41) is 0. The maximum absolute atomic E-state index is 11.2. The minimum atomic E-state index is -0.308. The summed E-state index contributed by atoms with van der Waals surface area (Å²) >= 11 is 0. The van der Waals surface area contributed by atoms with Gasteiger partial charge in [0.2, 0.25) is 0 Å². The van der Waals surface area contributed by atoms with Crippen LogP contribution in [0.1, 0.15) is 13.3 Å². The van der Waals surface area contributed by atoms with E-state index in [9.17, 15) is 4.79 Å². The zero-order valence-corrected chi connectivity index (χ0v) is 8.82. The normalized spacial score (nSPS) is 25.8. The molecule has 0 saturated heterocycles. The molecule has 3 nitrogen and oxygen atoms in total. The third kappa shape index (κ3) is 2.23. The van der Waals surface area contributed by atoms with Gasteiger partial charge in [0.05, 0.1) is 18.8 Å². The molecule has 3 heteroatoms. The first-order valence-corrected chi connectivity index (χ1v) is 4.74. The Morgan fingerprint density at radius 3 is 2.71 bits per heavy atom. The Bertz CT molecular complexity index is 266. The number of carbonyl (C=O) groups excluding carboxylic acids is 1. The van der Waals surface area contributed by atoms with E-state index in [4.69, 9.17) is 4.74 Å². The molecule has 0 radical (unpaired) electrons. The lowest BCUT2D eigenvalue weighted by atomic mass is 9.92. The van der Waals surface area contributed by atoms with Crippen molar-refractivity contribution in [1.82, 2.24) is 0 Å². The maximum Gasteiger partial charge on any atom is 0.337 e. The third-order valence-electron chi connectivity index (χ3n) is 2.45. The molecule has 0 fully saturated rings. The molecule has 0 aromatic rings. The Hall–Kier alpha value is -1.09. The molecule has 0 aliphatic heterocycles. The first kappa shape index (κ1) is 11.0. The van der Waals surface area contributed by atoms with Crippen molar-refractivity contribution in [3.63, 3.8) is 0 Å². The lowest BCUT2D eigenvalue weighted by Gasteiger charge is -2.23. The highest BCUT2D eigenvalue weighted by Gasteiger charge is 2.21. The number of carbonyl (C=O) groups is 1. The second kappa shape index (κ2) is 4.96. The van der Waals surface area contributed by atoms with Gasteiger partial charge >= 0.3 is 5.97 Å². The number of hydrogen-bond donors (Lipinski definition) is 0. The summed E-state index contributed by atoms with van der Waals surface area (Å²) in [6, 6.07) is 0. The largest absolute Gasteiger partial charge is 0.465 e. The van der Waals surface area contributed by atoms with E-state index in [-0.39, 0.29) is 12.1 Å². The smallest absolute Gasteiger partial charge is 0.337 e. The van der Waals surface area contributed by atoms with Gasteiger partial charge in [-0.1, -0.05) is 19.1 Å². The Morgan fingerprint density at radius 1 is 1.50 bits per heavy atom. The van der Waals surface area contributed by atoms with Gasteiger partial charge in [0.1, 0.15) is 0 Å². The average molecular weight is 196 g/mol. The Balaban J connectivity index is 2.78. The Morgan fingerprint density at radius 2 is 2.21 bits per heavy atom. The molecule has 0 aromatic heterocycles. The van der Waals surface area contributed by atoms with Crippen LogP contribution >= 0.6 is 0 Å². The minimum Gasteiger partial charge on any atom is -0.465 e. The molecule has 1 aliphatic carbocycles. The molecule has 1 rings (SSSR count). The minimum absolute atomic E-state index is 0.0147. The summed E-state index contributed by atoms with van der Waals surface area (Å²) in [6.45, 7) is 2.10. The van der Waals surface area contributed by atoms with Crippen molar-refractivity contribution in [1.29, 1.82) is 0 Å². The Labute approximate surface area is 84.4 Å². The van der Waals surface area contributed by atoms with Gasteiger partial charge in [-0.2, -0.15) is 0 Å². The fourth-order valence-electron chi connectivity index (χ4n) is 1.56. The molecule has 0 bridgehead atoms. The van der Waals surface area contributed by atoms with Crippen molar-refractivity contribution in [3.05, 3.63) is 23.8 Å². The number of rotatable bonds is 3. The molecule has 0 amide bonds. The van der Waals surface area contributed by atoms with Crippen LogP contribution in [-0.2, 0) is 14.3 Å². The summed E-state index contributed by atoms with van der Waals surface area (Å²) in [7, 11) is 3.03. The number of methoxy groups -OCH3 is 2. The topological polar surface area (TPSA) is 35.5 Å². The van der Waals surface area contributed by atoms with Crippen molar-refractivity contribution in [2.75, 3.05) is 14.2 Å². The van der Waals surface area contributed by atoms with Crippen LogP contribution in [0, 0.1) is 5.92 Å². The van der Waals surface area contributed by atoms with Crippen LogP contribution in [0.4, 0.5) is 0 Å². The van der Waals surface area contributed by atoms with Gasteiger partial charge in [-0.3, -0.25) is 0 Å². The van der Waals surface area contributed by atoms with Crippen LogP contribution in [-0.4, -0.2) is 26.3 Å². The zero-order valence-electron chi connectivity index (χ0n) is 8.82. The second-order valence-electron chi connectivity index (χ2n) is 3.25. The fourth-order valence-corrected chi connectivity index (χ4v) is 1.56. The van der Waals surface area contributed by atoms with E-state index in [1.165, 1.54) is 7.11 Å². The fraction of sp³-hybridized carbons (Fsp3) is 0.545. The summed E-state index contributed by atoms with van der Waals surface area (Å²) in [6.07, 6.45) is 6.61. The standard InChI is InChI=1S/C11H16O3/c1-4-8-5-6-9(11(12)14-3)7-10(8)13-2/h5-8,10H,4H2,1-3H3. The predicted molar refractivity (Wildman–Crippen MR) is 53.8 cm³/mol. The van der Waals surface area contributed by atoms with E-state index >= 15 is 0 Å². The lowest BCUT2D eigenvalue weighted by Crippen LogP contribution is -2.23. The summed E-state index contributed by atoms with van der Waals surface area (Å²) in [5.74, 6) is 0.0475. The number of hydrogen-bond acceptors (Lipinski definition) is 3. The van der Waals surface area contributed by atoms with Crippen LogP contribution in [0.2, 0.25) is 0 Å². The van der Waals surface area contributed by atoms with Gasteiger partial charge in [0.15, 0.2) is 0 Å². The highest BCUT2D eigenvalue weighted by atomic mass is 16.5. The summed E-state index contributed by atoms with van der Waals surface area (Å²) in [4.78, 5) is 11.2. The second-order valence-corrected chi connectivity index (χ2v) is 3.25. The van der Waals surface area contributed by atoms with Crippen LogP contribution < -0.4 is 0 Å². The highest BCUT2D eigenvalue weighted by Crippen LogP contribution is 2.22. The SMILES string of the molecule is CCC1C=CC(C(=O)OC)=CC1OC. The van der Waals surface area contributed by atoms with Crippen LogP contribution in [0.15, 0.2) is 23.8 Å². The molecule has 2 atom stereocenters. The van der Waals surface area contributed by atoms with E-state index in [0.717, 1.165) is 6.42 Å². The highest BCUT2D eigenvalue weighted by molar-refractivity contribution is 5.91. The van der Waals surface area contributed by atoms with Crippen LogP contribution in [0.3, 0.4) is 0 Å². The summed E-state index contributed by atoms with van der Waals surface area (Å²) < 4.78 is 9.92. The quantitative estimate of drug-likeness (QED) is 0.644. The molecule has 0 heterocycles. The van der Waals surface area contributed by atoms with Crippen molar-refractivity contribution < 1.29 is 14.3 Å². The monoisotopic (exact) mass is 196 g/mol. The molecular formula is C11H16O3. The molecule has 2 unspecified atom stereocenters. The van der Waals surface area contributed by atoms with Crippen LogP contribution in [0.5, 0.6) is 0 Å². The Kier molecular flexibility index (Phi) is 3.89. The van der Waals surface area contributed by atoms with Gasteiger partial charge in [0, 0.05) is 13.0 Å². The third-order valence-corrected chi connectivity index (χ3v) is 2.45. The number of ether oxygens (including phenoxy) is 2. The predicted octanol–water partition coefficient (Wildman–Crippen LogP) is 1.70. The van der Waals surface area contributed by atoms with E-state index in [1.807, 2.05) is 12.2 Å². The number of esters is 1. The molecule has 0 spiro atoms. The van der Waals surface area contributed by atoms with Gasteiger partial charge in [0.25, 0.3) is 0 Å². The molecular weight excluding hydrogens is 180 g/mol. The first-order valence-electron chi connectivity index (χ1n) is 4.74. The molecule has 1 aliphatic rings. The van der Waals surface area contributed by atoms with E-state index in [1.54, 1.807) is 13.2 Å². The van der Waals surface area contributed by atoms with Crippen molar-refractivity contribution in [2.45, 2.75) is 19.4 Å². The zero-order chi connectivity index (χ0) is 10.6. The molecule has 0 aromatic carbocycles. The van der Waals surface area contributed by atoms with Crippen molar-refractivity contribution >= 4 is 5.97 Å². The first-order chi connectivity index (χ1) is 6.72. The average Bonchev–Trinajstić information content (AvgIpc) is 2.26. The van der Waals surface area contributed by atoms with Crippen molar-refractivity contribution in [3.8, 4) is 0 Å². The maximum atomic E-state index is 11.2. The van der Waals surface area contributed by atoms with Gasteiger partial charge < -0.3 is 9.47 Å².